The van der Waals surface area contributed by atoms with Crippen LogP contribution >= 0.6 is 0 Å². The first kappa shape index (κ1) is 14.4. The van der Waals surface area contributed by atoms with E-state index in [0.29, 0.717) is 26.2 Å². The molecule has 0 bridgehead atoms. The van der Waals surface area contributed by atoms with Crippen molar-refractivity contribution in [2.75, 3.05) is 36.8 Å². The Kier molecular flexibility index (Phi) is 3.96. The SMILES string of the molecule is Nc1ccccc1N1CCN(C(=O)c2ccccc2F)CC1. The minimum atomic E-state index is -0.470. The molecule has 1 heterocycles. The summed E-state index contributed by atoms with van der Waals surface area (Å²) in [7, 11) is 0. The predicted octanol–water partition coefficient (Wildman–Crippen LogP) is 2.37. The van der Waals surface area contributed by atoms with Crippen LogP contribution in [0.2, 0.25) is 0 Å². The summed E-state index contributed by atoms with van der Waals surface area (Å²) in [5, 5.41) is 0. The number of para-hydroxylation sites is 2. The summed E-state index contributed by atoms with van der Waals surface area (Å²) >= 11 is 0. The molecule has 1 aliphatic heterocycles. The van der Waals surface area contributed by atoms with Gasteiger partial charge in [0.2, 0.25) is 0 Å². The third kappa shape index (κ3) is 2.74. The summed E-state index contributed by atoms with van der Waals surface area (Å²) in [5.74, 6) is -0.721. The number of halogens is 1. The van der Waals surface area contributed by atoms with Crippen LogP contribution in [0.4, 0.5) is 15.8 Å². The lowest BCUT2D eigenvalue weighted by molar-refractivity contribution is 0.0742. The smallest absolute Gasteiger partial charge is 0.256 e. The molecule has 0 spiro atoms. The van der Waals surface area contributed by atoms with Gasteiger partial charge in [0.1, 0.15) is 5.82 Å². The normalized spacial score (nSPS) is 15.0. The van der Waals surface area contributed by atoms with Crippen molar-refractivity contribution in [3.8, 4) is 0 Å². The summed E-state index contributed by atoms with van der Waals surface area (Å²) in [5.41, 5.74) is 7.84. The maximum atomic E-state index is 13.7. The van der Waals surface area contributed by atoms with Crippen LogP contribution in [0.1, 0.15) is 10.4 Å². The summed E-state index contributed by atoms with van der Waals surface area (Å²) in [6.45, 7) is 2.49. The number of carbonyl (C=O) groups excluding carboxylic acids is 1. The molecule has 2 aromatic rings. The molecule has 22 heavy (non-hydrogen) atoms. The van der Waals surface area contributed by atoms with Crippen molar-refractivity contribution < 1.29 is 9.18 Å². The average Bonchev–Trinajstić information content (AvgIpc) is 2.55. The van der Waals surface area contributed by atoms with Crippen molar-refractivity contribution in [3.05, 3.63) is 59.9 Å². The first-order valence-electron chi connectivity index (χ1n) is 7.30. The van der Waals surface area contributed by atoms with E-state index in [0.717, 1.165) is 11.4 Å². The molecule has 1 saturated heterocycles. The van der Waals surface area contributed by atoms with Gasteiger partial charge < -0.3 is 15.5 Å². The third-order valence-electron chi connectivity index (χ3n) is 3.95. The van der Waals surface area contributed by atoms with E-state index in [1.807, 2.05) is 24.3 Å². The van der Waals surface area contributed by atoms with Crippen LogP contribution in [0.5, 0.6) is 0 Å². The van der Waals surface area contributed by atoms with Gasteiger partial charge in [0.25, 0.3) is 5.91 Å². The standard InChI is InChI=1S/C17H18FN3O/c18-14-6-2-1-5-13(14)17(22)21-11-9-20(10-12-21)16-8-4-3-7-15(16)19/h1-8H,9-12,19H2. The molecule has 1 amide bonds. The van der Waals surface area contributed by atoms with E-state index in [1.165, 1.54) is 12.1 Å². The van der Waals surface area contributed by atoms with Crippen molar-refractivity contribution in [2.45, 2.75) is 0 Å². The minimum absolute atomic E-state index is 0.134. The molecule has 2 aromatic carbocycles. The van der Waals surface area contributed by atoms with Gasteiger partial charge in [0.15, 0.2) is 0 Å². The number of nitrogens with zero attached hydrogens (tertiary/aromatic N) is 2. The van der Waals surface area contributed by atoms with Gasteiger partial charge in [0, 0.05) is 26.2 Å². The van der Waals surface area contributed by atoms with Crippen LogP contribution in [-0.4, -0.2) is 37.0 Å². The molecule has 0 aromatic heterocycles. The summed E-state index contributed by atoms with van der Waals surface area (Å²) < 4.78 is 13.7. The number of anilines is 2. The highest BCUT2D eigenvalue weighted by Gasteiger charge is 2.24. The van der Waals surface area contributed by atoms with Crippen LogP contribution in [-0.2, 0) is 0 Å². The molecular formula is C17H18FN3O. The number of nitrogen functional groups attached to an aromatic ring is 1. The van der Waals surface area contributed by atoms with Gasteiger partial charge in [-0.05, 0) is 24.3 Å². The number of nitrogens with two attached hydrogens (primary N) is 1. The zero-order chi connectivity index (χ0) is 15.5. The molecule has 3 rings (SSSR count). The third-order valence-corrected chi connectivity index (χ3v) is 3.95. The summed E-state index contributed by atoms with van der Waals surface area (Å²) in [6.07, 6.45) is 0. The molecule has 5 heteroatoms. The van der Waals surface area contributed by atoms with Gasteiger partial charge in [-0.1, -0.05) is 24.3 Å². The second-order valence-electron chi connectivity index (χ2n) is 5.32. The van der Waals surface area contributed by atoms with E-state index in [4.69, 9.17) is 5.73 Å². The Hall–Kier alpha value is -2.56. The summed E-state index contributed by atoms with van der Waals surface area (Å²) in [4.78, 5) is 16.2. The first-order valence-corrected chi connectivity index (χ1v) is 7.30. The molecule has 114 valence electrons. The quantitative estimate of drug-likeness (QED) is 0.866. The predicted molar refractivity (Wildman–Crippen MR) is 85.4 cm³/mol. The number of rotatable bonds is 2. The maximum Gasteiger partial charge on any atom is 0.256 e. The second-order valence-corrected chi connectivity index (χ2v) is 5.32. The van der Waals surface area contributed by atoms with Gasteiger partial charge >= 0.3 is 0 Å². The van der Waals surface area contributed by atoms with Crippen molar-refractivity contribution >= 4 is 17.3 Å². The fraction of sp³-hybridized carbons (Fsp3) is 0.235. The highest BCUT2D eigenvalue weighted by molar-refractivity contribution is 5.94. The molecule has 0 atom stereocenters. The van der Waals surface area contributed by atoms with Gasteiger partial charge in [-0.2, -0.15) is 0 Å². The Bertz CT molecular complexity index is 681. The average molecular weight is 299 g/mol. The zero-order valence-corrected chi connectivity index (χ0v) is 12.2. The number of hydrogen-bond acceptors (Lipinski definition) is 3. The molecule has 2 N–H and O–H groups in total. The highest BCUT2D eigenvalue weighted by Crippen LogP contribution is 2.24. The number of carbonyl (C=O) groups is 1. The van der Waals surface area contributed by atoms with E-state index in [1.54, 1.807) is 17.0 Å². The largest absolute Gasteiger partial charge is 0.397 e. The number of benzene rings is 2. The van der Waals surface area contributed by atoms with Crippen molar-refractivity contribution in [1.29, 1.82) is 0 Å². The minimum Gasteiger partial charge on any atom is -0.397 e. The number of piperazine rings is 1. The van der Waals surface area contributed by atoms with Crippen molar-refractivity contribution in [3.63, 3.8) is 0 Å². The number of amides is 1. The topological polar surface area (TPSA) is 49.6 Å². The van der Waals surface area contributed by atoms with Crippen molar-refractivity contribution in [1.82, 2.24) is 4.90 Å². The van der Waals surface area contributed by atoms with Gasteiger partial charge in [-0.15, -0.1) is 0 Å². The Labute approximate surface area is 128 Å². The second kappa shape index (κ2) is 6.05. The maximum absolute atomic E-state index is 13.7. The van der Waals surface area contributed by atoms with E-state index in [9.17, 15) is 9.18 Å². The van der Waals surface area contributed by atoms with Crippen LogP contribution in [0.25, 0.3) is 0 Å². The molecule has 4 nitrogen and oxygen atoms in total. The van der Waals surface area contributed by atoms with E-state index in [2.05, 4.69) is 4.90 Å². The van der Waals surface area contributed by atoms with Crippen LogP contribution in [0.15, 0.2) is 48.5 Å². The first-order chi connectivity index (χ1) is 10.7. The lowest BCUT2D eigenvalue weighted by Crippen LogP contribution is -2.49. The monoisotopic (exact) mass is 299 g/mol. The fourth-order valence-electron chi connectivity index (χ4n) is 2.73. The van der Waals surface area contributed by atoms with Crippen molar-refractivity contribution in [2.24, 2.45) is 0 Å². The molecule has 0 saturated carbocycles. The van der Waals surface area contributed by atoms with E-state index in [-0.39, 0.29) is 11.5 Å². The van der Waals surface area contributed by atoms with Gasteiger partial charge in [0.05, 0.1) is 16.9 Å². The molecule has 0 unspecified atom stereocenters. The van der Waals surface area contributed by atoms with Gasteiger partial charge in [-0.25, -0.2) is 4.39 Å². The van der Waals surface area contributed by atoms with Crippen LogP contribution in [0, 0.1) is 5.82 Å². The number of hydrogen-bond donors (Lipinski definition) is 1. The van der Waals surface area contributed by atoms with Gasteiger partial charge in [-0.3, -0.25) is 4.79 Å². The molecule has 1 aliphatic rings. The lowest BCUT2D eigenvalue weighted by atomic mass is 10.1. The molecule has 1 fully saturated rings. The van der Waals surface area contributed by atoms with Crippen LogP contribution < -0.4 is 10.6 Å². The molecule has 0 radical (unpaired) electrons. The Balaban J connectivity index is 1.68. The Morgan fingerprint density at radius 1 is 0.955 bits per heavy atom. The Morgan fingerprint density at radius 3 is 2.27 bits per heavy atom. The van der Waals surface area contributed by atoms with E-state index < -0.39 is 5.82 Å². The Morgan fingerprint density at radius 2 is 1.59 bits per heavy atom. The zero-order valence-electron chi connectivity index (χ0n) is 12.2. The summed E-state index contributed by atoms with van der Waals surface area (Å²) in [6, 6.07) is 13.8. The fourth-order valence-corrected chi connectivity index (χ4v) is 2.73. The lowest BCUT2D eigenvalue weighted by Gasteiger charge is -2.36. The molecular weight excluding hydrogens is 281 g/mol. The van der Waals surface area contributed by atoms with Crippen LogP contribution in [0.3, 0.4) is 0 Å². The highest BCUT2D eigenvalue weighted by atomic mass is 19.1. The van der Waals surface area contributed by atoms with E-state index >= 15 is 0 Å². The molecule has 0 aliphatic carbocycles.